The second kappa shape index (κ2) is 8.59. The molecule has 0 saturated heterocycles. The van der Waals surface area contributed by atoms with Gasteiger partial charge in [0.05, 0.1) is 10.6 Å². The molecule has 0 radical (unpaired) electrons. The number of amides is 1. The number of benzene rings is 1. The number of rotatable bonds is 8. The number of carboxylic acid groups (broad SMARTS) is 1. The molecule has 0 aromatic heterocycles. The Labute approximate surface area is 124 Å². The fourth-order valence-electron chi connectivity index (χ4n) is 1.87. The number of carboxylic acids is 1. The largest absolute Gasteiger partial charge is 0.481 e. The average molecular weight is 298 g/mol. The van der Waals surface area contributed by atoms with Crippen LogP contribution in [0.3, 0.4) is 0 Å². The molecule has 0 heterocycles. The summed E-state index contributed by atoms with van der Waals surface area (Å²) in [6, 6.07) is 5.38. The Bertz CT molecular complexity index is 474. The van der Waals surface area contributed by atoms with Crippen LogP contribution in [-0.2, 0) is 4.79 Å². The Morgan fingerprint density at radius 1 is 1.20 bits per heavy atom. The maximum Gasteiger partial charge on any atom is 0.303 e. The van der Waals surface area contributed by atoms with E-state index in [0.717, 1.165) is 24.8 Å². The van der Waals surface area contributed by atoms with Crippen molar-refractivity contribution in [3.8, 4) is 0 Å². The normalized spacial score (nSPS) is 10.3. The van der Waals surface area contributed by atoms with Crippen LogP contribution < -0.4 is 5.32 Å². The van der Waals surface area contributed by atoms with Crippen molar-refractivity contribution in [3.05, 3.63) is 34.3 Å². The van der Waals surface area contributed by atoms with Gasteiger partial charge in [0, 0.05) is 13.0 Å². The summed E-state index contributed by atoms with van der Waals surface area (Å²) in [5, 5.41) is 11.8. The van der Waals surface area contributed by atoms with Gasteiger partial charge in [-0.2, -0.15) is 0 Å². The lowest BCUT2D eigenvalue weighted by Crippen LogP contribution is -2.24. The van der Waals surface area contributed by atoms with Gasteiger partial charge in [0.25, 0.3) is 5.91 Å². The number of carbonyl (C=O) groups is 2. The molecule has 1 aromatic rings. The molecular formula is C15H20ClNO3. The van der Waals surface area contributed by atoms with E-state index >= 15 is 0 Å². The smallest absolute Gasteiger partial charge is 0.303 e. The van der Waals surface area contributed by atoms with Crippen LogP contribution in [0.1, 0.15) is 48.0 Å². The Morgan fingerprint density at radius 3 is 2.60 bits per heavy atom. The van der Waals surface area contributed by atoms with Gasteiger partial charge in [0.2, 0.25) is 0 Å². The fourth-order valence-corrected chi connectivity index (χ4v) is 2.09. The Balaban J connectivity index is 2.24. The predicted molar refractivity (Wildman–Crippen MR) is 79.2 cm³/mol. The van der Waals surface area contributed by atoms with Gasteiger partial charge in [-0.25, -0.2) is 0 Å². The monoisotopic (exact) mass is 297 g/mol. The summed E-state index contributed by atoms with van der Waals surface area (Å²) >= 11 is 6.08. The Morgan fingerprint density at radius 2 is 1.90 bits per heavy atom. The molecule has 0 spiro atoms. The molecule has 0 fully saturated rings. The predicted octanol–water partition coefficient (Wildman–Crippen LogP) is 3.41. The van der Waals surface area contributed by atoms with Crippen molar-refractivity contribution in [2.24, 2.45) is 0 Å². The second-order valence-electron chi connectivity index (χ2n) is 4.75. The van der Waals surface area contributed by atoms with E-state index in [-0.39, 0.29) is 12.3 Å². The molecule has 0 atom stereocenters. The number of hydrogen-bond donors (Lipinski definition) is 2. The van der Waals surface area contributed by atoms with Crippen LogP contribution in [0.15, 0.2) is 18.2 Å². The van der Waals surface area contributed by atoms with Crippen LogP contribution >= 0.6 is 11.6 Å². The molecule has 0 aliphatic carbocycles. The highest BCUT2D eigenvalue weighted by Crippen LogP contribution is 2.19. The van der Waals surface area contributed by atoms with Crippen molar-refractivity contribution < 1.29 is 14.7 Å². The Hall–Kier alpha value is -1.55. The maximum absolute atomic E-state index is 11.9. The van der Waals surface area contributed by atoms with E-state index < -0.39 is 5.97 Å². The lowest BCUT2D eigenvalue weighted by molar-refractivity contribution is -0.137. The van der Waals surface area contributed by atoms with Crippen molar-refractivity contribution in [2.45, 2.75) is 39.0 Å². The standard InChI is InChI=1S/C15H20ClNO3/c1-11-7-6-8-12(14(11)16)15(20)17-10-5-3-2-4-9-13(18)19/h6-8H,2-5,9-10H2,1H3,(H,17,20)(H,18,19). The molecule has 110 valence electrons. The van der Waals surface area contributed by atoms with Gasteiger partial charge in [-0.15, -0.1) is 0 Å². The summed E-state index contributed by atoms with van der Waals surface area (Å²) in [6.07, 6.45) is 3.52. The molecule has 1 rings (SSSR count). The van der Waals surface area contributed by atoms with Gasteiger partial charge < -0.3 is 10.4 Å². The molecule has 0 saturated carbocycles. The summed E-state index contributed by atoms with van der Waals surface area (Å²) in [5.41, 5.74) is 1.38. The summed E-state index contributed by atoms with van der Waals surface area (Å²) in [7, 11) is 0. The van der Waals surface area contributed by atoms with Gasteiger partial charge in [-0.1, -0.05) is 36.6 Å². The second-order valence-corrected chi connectivity index (χ2v) is 5.13. The lowest BCUT2D eigenvalue weighted by Gasteiger charge is -2.08. The molecule has 1 amide bonds. The van der Waals surface area contributed by atoms with Crippen molar-refractivity contribution in [3.63, 3.8) is 0 Å². The van der Waals surface area contributed by atoms with Crippen molar-refractivity contribution in [2.75, 3.05) is 6.54 Å². The first-order chi connectivity index (χ1) is 9.52. The molecular weight excluding hydrogens is 278 g/mol. The zero-order valence-corrected chi connectivity index (χ0v) is 12.4. The zero-order valence-electron chi connectivity index (χ0n) is 11.6. The lowest BCUT2D eigenvalue weighted by atomic mass is 10.1. The van der Waals surface area contributed by atoms with Crippen LogP contribution in [0.2, 0.25) is 5.02 Å². The summed E-state index contributed by atoms with van der Waals surface area (Å²) in [6.45, 7) is 2.44. The van der Waals surface area contributed by atoms with Crippen LogP contribution in [-0.4, -0.2) is 23.5 Å². The van der Waals surface area contributed by atoms with Crippen LogP contribution in [0.25, 0.3) is 0 Å². The first kappa shape index (κ1) is 16.5. The van der Waals surface area contributed by atoms with E-state index in [2.05, 4.69) is 5.32 Å². The first-order valence-electron chi connectivity index (χ1n) is 6.77. The van der Waals surface area contributed by atoms with Crippen LogP contribution in [0.5, 0.6) is 0 Å². The van der Waals surface area contributed by atoms with Gasteiger partial charge >= 0.3 is 5.97 Å². The zero-order chi connectivity index (χ0) is 15.0. The third-order valence-electron chi connectivity index (χ3n) is 3.04. The molecule has 4 nitrogen and oxygen atoms in total. The molecule has 0 aliphatic rings. The number of carbonyl (C=O) groups excluding carboxylic acids is 1. The van der Waals surface area contributed by atoms with E-state index in [0.29, 0.717) is 23.6 Å². The van der Waals surface area contributed by atoms with Crippen molar-refractivity contribution in [1.29, 1.82) is 0 Å². The number of aryl methyl sites for hydroxylation is 1. The minimum absolute atomic E-state index is 0.163. The van der Waals surface area contributed by atoms with Gasteiger partial charge in [0.1, 0.15) is 0 Å². The van der Waals surface area contributed by atoms with Crippen LogP contribution in [0, 0.1) is 6.92 Å². The number of halogens is 1. The number of nitrogens with one attached hydrogen (secondary N) is 1. The topological polar surface area (TPSA) is 66.4 Å². The van der Waals surface area contributed by atoms with E-state index in [1.165, 1.54) is 0 Å². The van der Waals surface area contributed by atoms with Crippen molar-refractivity contribution in [1.82, 2.24) is 5.32 Å². The molecule has 5 heteroatoms. The van der Waals surface area contributed by atoms with E-state index in [9.17, 15) is 9.59 Å². The molecule has 0 aliphatic heterocycles. The summed E-state index contributed by atoms with van der Waals surface area (Å²) in [5.74, 6) is -0.920. The quantitative estimate of drug-likeness (QED) is 0.723. The minimum Gasteiger partial charge on any atom is -0.481 e. The SMILES string of the molecule is Cc1cccc(C(=O)NCCCCCCC(=O)O)c1Cl. The van der Waals surface area contributed by atoms with Crippen molar-refractivity contribution >= 4 is 23.5 Å². The van der Waals surface area contributed by atoms with Gasteiger partial charge in [-0.05, 0) is 31.4 Å². The minimum atomic E-state index is -0.757. The molecule has 20 heavy (non-hydrogen) atoms. The number of unbranched alkanes of at least 4 members (excludes halogenated alkanes) is 3. The molecule has 0 bridgehead atoms. The Kier molecular flexibility index (Phi) is 7.09. The average Bonchev–Trinajstić information content (AvgIpc) is 2.40. The molecule has 1 aromatic carbocycles. The summed E-state index contributed by atoms with van der Waals surface area (Å²) < 4.78 is 0. The number of aliphatic carboxylic acids is 1. The highest BCUT2D eigenvalue weighted by atomic mass is 35.5. The van der Waals surface area contributed by atoms with E-state index in [4.69, 9.17) is 16.7 Å². The molecule has 2 N–H and O–H groups in total. The van der Waals surface area contributed by atoms with Gasteiger partial charge in [-0.3, -0.25) is 9.59 Å². The fraction of sp³-hybridized carbons (Fsp3) is 0.467. The maximum atomic E-state index is 11.9. The van der Waals surface area contributed by atoms with Crippen LogP contribution in [0.4, 0.5) is 0 Å². The van der Waals surface area contributed by atoms with E-state index in [1.54, 1.807) is 6.07 Å². The third kappa shape index (κ3) is 5.61. The first-order valence-corrected chi connectivity index (χ1v) is 7.15. The van der Waals surface area contributed by atoms with E-state index in [1.807, 2.05) is 19.1 Å². The highest BCUT2D eigenvalue weighted by Gasteiger charge is 2.10. The molecule has 0 unspecified atom stereocenters. The number of hydrogen-bond acceptors (Lipinski definition) is 2. The third-order valence-corrected chi connectivity index (χ3v) is 3.54. The highest BCUT2D eigenvalue weighted by molar-refractivity contribution is 6.34. The summed E-state index contributed by atoms with van der Waals surface area (Å²) in [4.78, 5) is 22.2. The van der Waals surface area contributed by atoms with Gasteiger partial charge in [0.15, 0.2) is 0 Å².